The Morgan fingerprint density at radius 1 is 0.926 bits per heavy atom. The Bertz CT molecular complexity index is 867. The van der Waals surface area contributed by atoms with Crippen LogP contribution in [0.15, 0.2) is 88.7 Å². The van der Waals surface area contributed by atoms with E-state index in [4.69, 9.17) is 11.6 Å². The Kier molecular flexibility index (Phi) is 7.27. The van der Waals surface area contributed by atoms with Gasteiger partial charge in [-0.15, -0.1) is 23.5 Å². The Hall–Kier alpha value is -1.88. The molecule has 0 spiro atoms. The number of benzene rings is 3. The van der Waals surface area contributed by atoms with Crippen LogP contribution >= 0.6 is 35.1 Å². The summed E-state index contributed by atoms with van der Waals surface area (Å²) in [6, 6.07) is 25.9. The first-order chi connectivity index (χ1) is 13.1. The monoisotopic (exact) mass is 413 g/mol. The lowest BCUT2D eigenvalue weighted by molar-refractivity contribution is -0.115. The summed E-state index contributed by atoms with van der Waals surface area (Å²) in [6.45, 7) is 1.90. The van der Waals surface area contributed by atoms with Crippen molar-refractivity contribution in [2.24, 2.45) is 0 Å². The molecule has 138 valence electrons. The molecule has 1 amide bonds. The lowest BCUT2D eigenvalue weighted by Gasteiger charge is -2.12. The second-order valence-electron chi connectivity index (χ2n) is 6.00. The van der Waals surface area contributed by atoms with Crippen molar-refractivity contribution in [1.29, 1.82) is 0 Å². The third-order valence-corrected chi connectivity index (χ3v) is 6.31. The van der Waals surface area contributed by atoms with Crippen molar-refractivity contribution in [3.63, 3.8) is 0 Å². The molecule has 0 saturated heterocycles. The topological polar surface area (TPSA) is 29.1 Å². The van der Waals surface area contributed by atoms with Gasteiger partial charge in [-0.3, -0.25) is 4.79 Å². The van der Waals surface area contributed by atoms with Gasteiger partial charge in [0.2, 0.25) is 5.91 Å². The van der Waals surface area contributed by atoms with Gasteiger partial charge >= 0.3 is 0 Å². The predicted octanol–water partition coefficient (Wildman–Crippen LogP) is 6.75. The molecule has 1 N–H and O–H groups in total. The van der Waals surface area contributed by atoms with E-state index in [1.54, 1.807) is 11.8 Å². The van der Waals surface area contributed by atoms with Gasteiger partial charge in [0.25, 0.3) is 0 Å². The van der Waals surface area contributed by atoms with E-state index in [1.165, 1.54) is 22.2 Å². The molecule has 0 heterocycles. The summed E-state index contributed by atoms with van der Waals surface area (Å²) in [5.41, 5.74) is 2.04. The fraction of sp³-hybridized carbons (Fsp3) is 0.136. The molecular weight excluding hydrogens is 394 g/mol. The molecule has 0 bridgehead atoms. The average Bonchev–Trinajstić information content (AvgIpc) is 2.70. The molecule has 0 radical (unpaired) electrons. The second kappa shape index (κ2) is 9.88. The van der Waals surface area contributed by atoms with E-state index in [-0.39, 0.29) is 11.2 Å². The molecule has 27 heavy (non-hydrogen) atoms. The number of rotatable bonds is 7. The Balaban J connectivity index is 1.51. The number of hydrogen-bond donors (Lipinski definition) is 1. The minimum atomic E-state index is -0.195. The molecular formula is C22H20ClNOS2. The number of halogens is 1. The summed E-state index contributed by atoms with van der Waals surface area (Å²) in [4.78, 5) is 14.7. The summed E-state index contributed by atoms with van der Waals surface area (Å²) in [5, 5.41) is 3.48. The predicted molar refractivity (Wildman–Crippen MR) is 118 cm³/mol. The fourth-order valence-electron chi connectivity index (χ4n) is 2.38. The zero-order valence-electron chi connectivity index (χ0n) is 14.9. The van der Waals surface area contributed by atoms with Crippen LogP contribution < -0.4 is 5.32 Å². The van der Waals surface area contributed by atoms with Gasteiger partial charge in [-0.1, -0.05) is 41.9 Å². The lowest BCUT2D eigenvalue weighted by atomic mass is 10.2. The van der Waals surface area contributed by atoms with E-state index < -0.39 is 0 Å². The number of hydrogen-bond acceptors (Lipinski definition) is 3. The molecule has 2 nitrogen and oxygen atoms in total. The Morgan fingerprint density at radius 3 is 2.26 bits per heavy atom. The SMILES string of the molecule is CC(Sc1ccc(Cl)cc1)C(=O)Nc1ccc(CSc2ccccc2)cc1. The number of carbonyl (C=O) groups is 1. The van der Waals surface area contributed by atoms with Crippen LogP contribution in [0.25, 0.3) is 0 Å². The van der Waals surface area contributed by atoms with Crippen LogP contribution in [-0.4, -0.2) is 11.2 Å². The first-order valence-corrected chi connectivity index (χ1v) is 10.8. The number of anilines is 1. The standard InChI is InChI=1S/C22H20ClNOS2/c1-16(27-21-13-9-18(23)10-14-21)22(25)24-19-11-7-17(8-12-19)15-26-20-5-3-2-4-6-20/h2-14,16H,15H2,1H3,(H,24,25). The third kappa shape index (κ3) is 6.35. The zero-order chi connectivity index (χ0) is 19.1. The van der Waals surface area contributed by atoms with Crippen molar-refractivity contribution >= 4 is 46.7 Å². The van der Waals surface area contributed by atoms with Gasteiger partial charge in [0.1, 0.15) is 0 Å². The molecule has 1 atom stereocenters. The summed E-state index contributed by atoms with van der Waals surface area (Å²) < 4.78 is 0. The maximum Gasteiger partial charge on any atom is 0.237 e. The van der Waals surface area contributed by atoms with Crippen molar-refractivity contribution in [1.82, 2.24) is 0 Å². The van der Waals surface area contributed by atoms with Gasteiger partial charge in [0.05, 0.1) is 5.25 Å². The summed E-state index contributed by atoms with van der Waals surface area (Å²) in [5.74, 6) is 0.891. The minimum Gasteiger partial charge on any atom is -0.325 e. The number of amides is 1. The quantitative estimate of drug-likeness (QED) is 0.434. The van der Waals surface area contributed by atoms with E-state index in [1.807, 2.05) is 61.5 Å². The van der Waals surface area contributed by atoms with Crippen LogP contribution in [-0.2, 0) is 10.5 Å². The highest BCUT2D eigenvalue weighted by Gasteiger charge is 2.14. The first kappa shape index (κ1) is 19.9. The normalized spacial score (nSPS) is 11.8. The van der Waals surface area contributed by atoms with Crippen molar-refractivity contribution in [3.05, 3.63) is 89.4 Å². The van der Waals surface area contributed by atoms with Crippen LogP contribution in [0, 0.1) is 0 Å². The van der Waals surface area contributed by atoms with Crippen LogP contribution in [0.1, 0.15) is 12.5 Å². The molecule has 0 aliphatic heterocycles. The first-order valence-electron chi connectivity index (χ1n) is 8.60. The summed E-state index contributed by atoms with van der Waals surface area (Å²) >= 11 is 9.21. The fourth-order valence-corrected chi connectivity index (χ4v) is 4.25. The minimum absolute atomic E-state index is 0.0126. The highest BCUT2D eigenvalue weighted by Crippen LogP contribution is 2.26. The number of carbonyl (C=O) groups excluding carboxylic acids is 1. The van der Waals surface area contributed by atoms with Crippen LogP contribution in [0.5, 0.6) is 0 Å². The molecule has 3 aromatic rings. The molecule has 1 unspecified atom stereocenters. The smallest absolute Gasteiger partial charge is 0.237 e. The highest BCUT2D eigenvalue weighted by molar-refractivity contribution is 8.00. The van der Waals surface area contributed by atoms with E-state index in [2.05, 4.69) is 29.6 Å². The van der Waals surface area contributed by atoms with E-state index in [0.29, 0.717) is 5.02 Å². The van der Waals surface area contributed by atoms with Crippen LogP contribution in [0.4, 0.5) is 5.69 Å². The molecule has 0 aliphatic rings. The summed E-state index contributed by atoms with van der Waals surface area (Å²) in [7, 11) is 0. The molecule has 5 heteroatoms. The van der Waals surface area contributed by atoms with E-state index in [9.17, 15) is 4.79 Å². The molecule has 3 rings (SSSR count). The lowest BCUT2D eigenvalue weighted by Crippen LogP contribution is -2.22. The van der Waals surface area contributed by atoms with Crippen LogP contribution in [0.2, 0.25) is 5.02 Å². The van der Waals surface area contributed by atoms with Crippen molar-refractivity contribution in [2.75, 3.05) is 5.32 Å². The van der Waals surface area contributed by atoms with Crippen molar-refractivity contribution in [3.8, 4) is 0 Å². The van der Waals surface area contributed by atoms with Crippen LogP contribution in [0.3, 0.4) is 0 Å². The molecule has 0 fully saturated rings. The van der Waals surface area contributed by atoms with E-state index >= 15 is 0 Å². The largest absolute Gasteiger partial charge is 0.325 e. The Morgan fingerprint density at radius 2 is 1.59 bits per heavy atom. The molecule has 0 saturated carbocycles. The van der Waals surface area contributed by atoms with Gasteiger partial charge in [-0.2, -0.15) is 0 Å². The van der Waals surface area contributed by atoms with Gasteiger partial charge < -0.3 is 5.32 Å². The molecule has 0 aromatic heterocycles. The van der Waals surface area contributed by atoms with Gasteiger partial charge in [0, 0.05) is 26.3 Å². The van der Waals surface area contributed by atoms with Gasteiger partial charge in [-0.05, 0) is 61.0 Å². The van der Waals surface area contributed by atoms with Crippen molar-refractivity contribution in [2.45, 2.75) is 27.7 Å². The van der Waals surface area contributed by atoms with E-state index in [0.717, 1.165) is 16.3 Å². The summed E-state index contributed by atoms with van der Waals surface area (Å²) in [6.07, 6.45) is 0. The highest BCUT2D eigenvalue weighted by atomic mass is 35.5. The van der Waals surface area contributed by atoms with Gasteiger partial charge in [-0.25, -0.2) is 0 Å². The average molecular weight is 414 g/mol. The second-order valence-corrected chi connectivity index (χ2v) is 8.90. The zero-order valence-corrected chi connectivity index (χ0v) is 17.3. The number of thioether (sulfide) groups is 2. The maximum absolute atomic E-state index is 12.4. The Labute approximate surface area is 173 Å². The molecule has 3 aromatic carbocycles. The number of nitrogens with one attached hydrogen (secondary N) is 1. The van der Waals surface area contributed by atoms with Crippen molar-refractivity contribution < 1.29 is 4.79 Å². The molecule has 0 aliphatic carbocycles. The third-order valence-electron chi connectivity index (χ3n) is 3.87. The van der Waals surface area contributed by atoms with Gasteiger partial charge in [0.15, 0.2) is 0 Å². The maximum atomic E-state index is 12.4.